The molecule has 0 unspecified atom stereocenters. The third-order valence-electron chi connectivity index (χ3n) is 6.71. The van der Waals surface area contributed by atoms with Crippen LogP contribution in [0.1, 0.15) is 103 Å². The second kappa shape index (κ2) is 7.92. The topological polar surface area (TPSA) is 0 Å². The zero-order valence-corrected chi connectivity index (χ0v) is 25.6. The molecule has 0 aromatic carbocycles. The minimum Gasteiger partial charge on any atom is -0.0885 e. The van der Waals surface area contributed by atoms with E-state index >= 15 is 0 Å². The van der Waals surface area contributed by atoms with Gasteiger partial charge in [0, 0.05) is 21.9 Å². The summed E-state index contributed by atoms with van der Waals surface area (Å²) in [6, 6.07) is 0. The molecule has 0 N–H and O–H groups in total. The summed E-state index contributed by atoms with van der Waals surface area (Å²) < 4.78 is 0. The maximum absolute atomic E-state index is 7.20. The first-order valence-corrected chi connectivity index (χ1v) is 14.0. The number of rotatable bonds is 2. The van der Waals surface area contributed by atoms with Crippen LogP contribution in [0.4, 0.5) is 0 Å². The van der Waals surface area contributed by atoms with E-state index in [0.29, 0.717) is 0 Å². The monoisotopic (exact) mass is 480 g/mol. The molecule has 2 aliphatic rings. The first-order chi connectivity index (χ1) is 13.5. The van der Waals surface area contributed by atoms with Gasteiger partial charge in [0.25, 0.3) is 0 Å². The average Bonchev–Trinajstić information content (AvgIpc) is 2.92. The van der Waals surface area contributed by atoms with Gasteiger partial charge in [0.2, 0.25) is 0 Å². The number of hydrogen-bond acceptors (Lipinski definition) is 0. The van der Waals surface area contributed by atoms with Crippen LogP contribution in [-0.4, -0.2) is 9.52 Å². The van der Waals surface area contributed by atoms with Gasteiger partial charge in [0.1, 0.15) is 0 Å². The van der Waals surface area contributed by atoms with Crippen LogP contribution in [0.3, 0.4) is 0 Å². The summed E-state index contributed by atoms with van der Waals surface area (Å²) in [5.74, 6) is 0. The van der Waals surface area contributed by atoms with E-state index in [1.807, 2.05) is 0 Å². The molecule has 0 saturated carbocycles. The van der Waals surface area contributed by atoms with Gasteiger partial charge in [-0.2, -0.15) is 0 Å². The van der Waals surface area contributed by atoms with Crippen LogP contribution >= 0.6 is 23.2 Å². The smallest absolute Gasteiger partial charge is 0.0797 e. The van der Waals surface area contributed by atoms with Gasteiger partial charge in [0.15, 0.2) is 0 Å². The van der Waals surface area contributed by atoms with Crippen LogP contribution in [0.5, 0.6) is 0 Å². The average molecular weight is 482 g/mol. The van der Waals surface area contributed by atoms with Gasteiger partial charge in [-0.05, 0) is 44.0 Å². The summed E-state index contributed by atoms with van der Waals surface area (Å²) in [7, 11) is -0.731. The molecule has 176 valence electrons. The van der Waals surface area contributed by atoms with Gasteiger partial charge >= 0.3 is 0 Å². The van der Waals surface area contributed by atoms with Crippen LogP contribution in [0.25, 0.3) is 0 Å². The lowest BCUT2D eigenvalue weighted by Crippen LogP contribution is -2.25. The Balaban J connectivity index is 2.81. The molecule has 0 aliphatic heterocycles. The molecular weight excluding hydrogens is 435 g/mol. The summed E-state index contributed by atoms with van der Waals surface area (Å²) in [5.41, 5.74) is 5.90. The molecule has 0 bridgehead atoms. The maximum Gasteiger partial charge on any atom is 0.0797 e. The molecule has 0 aromatic rings. The molecule has 0 radical (unpaired) electrons. The fraction of sp³-hybridized carbons (Fsp3) is 0.714. The van der Waals surface area contributed by atoms with Gasteiger partial charge in [-0.1, -0.05) is 131 Å². The van der Waals surface area contributed by atoms with E-state index in [0.717, 1.165) is 16.5 Å². The van der Waals surface area contributed by atoms with Crippen molar-refractivity contribution in [1.82, 2.24) is 0 Å². The molecule has 0 fully saturated rings. The van der Waals surface area contributed by atoms with Crippen LogP contribution < -0.4 is 0 Å². The lowest BCUT2D eigenvalue weighted by molar-refractivity contribution is 0.446. The molecule has 0 heterocycles. The van der Waals surface area contributed by atoms with E-state index in [2.05, 4.69) is 96.9 Å². The molecule has 0 saturated heterocycles. The van der Waals surface area contributed by atoms with Crippen molar-refractivity contribution >= 4 is 32.7 Å². The van der Waals surface area contributed by atoms with Crippen molar-refractivity contribution < 1.29 is 0 Å². The highest BCUT2D eigenvalue weighted by Crippen LogP contribution is 2.59. The SMILES string of the molecule is CC(C)(C)C1=C(Cl)CC([SiH2]C2=C(C(C)(C)C)C(C(C)(C)C)=C(Cl)C2(C)C)=C1C(C)(C)C. The van der Waals surface area contributed by atoms with Gasteiger partial charge in [-0.25, -0.2) is 0 Å². The Hall–Kier alpha value is -0.243. The minimum absolute atomic E-state index is 0.0243. The van der Waals surface area contributed by atoms with Gasteiger partial charge in [0.05, 0.1) is 9.52 Å². The quantitative estimate of drug-likeness (QED) is 0.345. The predicted octanol–water partition coefficient (Wildman–Crippen LogP) is 9.28. The summed E-state index contributed by atoms with van der Waals surface area (Å²) in [6.07, 6.45) is 0.923. The Kier molecular flexibility index (Phi) is 6.90. The van der Waals surface area contributed by atoms with Crippen molar-refractivity contribution in [2.75, 3.05) is 0 Å². The number of halogens is 2. The van der Waals surface area contributed by atoms with Crippen molar-refractivity contribution in [2.45, 2.75) is 103 Å². The molecule has 3 heteroatoms. The number of hydrogen-bond donors (Lipinski definition) is 0. The molecule has 0 atom stereocenters. The van der Waals surface area contributed by atoms with Crippen molar-refractivity contribution in [3.63, 3.8) is 0 Å². The van der Waals surface area contributed by atoms with E-state index in [4.69, 9.17) is 23.2 Å². The minimum atomic E-state index is -0.731. The van der Waals surface area contributed by atoms with Crippen LogP contribution in [0, 0.1) is 27.1 Å². The van der Waals surface area contributed by atoms with Crippen molar-refractivity contribution in [2.24, 2.45) is 27.1 Å². The molecular formula is C28H46Cl2Si. The first-order valence-electron chi connectivity index (χ1n) is 11.8. The summed E-state index contributed by atoms with van der Waals surface area (Å²) in [4.78, 5) is 0. The first kappa shape index (κ1) is 27.0. The van der Waals surface area contributed by atoms with E-state index in [9.17, 15) is 0 Å². The molecule has 31 heavy (non-hydrogen) atoms. The Morgan fingerprint density at radius 2 is 1.00 bits per heavy atom. The highest BCUT2D eigenvalue weighted by Gasteiger charge is 2.47. The number of allylic oxidation sites excluding steroid dienone is 8. The fourth-order valence-electron chi connectivity index (χ4n) is 5.59. The second-order valence-corrected chi connectivity index (χ2v) is 17.0. The Labute approximate surface area is 205 Å². The van der Waals surface area contributed by atoms with Crippen molar-refractivity contribution in [1.29, 1.82) is 0 Å². The third-order valence-corrected chi connectivity index (χ3v) is 10.3. The van der Waals surface area contributed by atoms with Gasteiger partial charge < -0.3 is 0 Å². The van der Waals surface area contributed by atoms with Crippen LogP contribution in [0.15, 0.2) is 42.7 Å². The normalized spacial score (nSPS) is 21.7. The Morgan fingerprint density at radius 3 is 1.35 bits per heavy atom. The fourth-order valence-corrected chi connectivity index (χ4v) is 10.1. The Bertz CT molecular complexity index is 893. The van der Waals surface area contributed by atoms with E-state index < -0.39 is 9.52 Å². The molecule has 0 spiro atoms. The van der Waals surface area contributed by atoms with Gasteiger partial charge in [-0.15, -0.1) is 0 Å². The third kappa shape index (κ3) is 4.99. The largest absolute Gasteiger partial charge is 0.0885 e. The summed E-state index contributed by atoms with van der Waals surface area (Å²) in [5, 5.41) is 5.35. The highest BCUT2D eigenvalue weighted by atomic mass is 35.5. The molecule has 2 rings (SSSR count). The maximum atomic E-state index is 7.20. The van der Waals surface area contributed by atoms with E-state index in [-0.39, 0.29) is 27.1 Å². The zero-order chi connectivity index (χ0) is 24.5. The van der Waals surface area contributed by atoms with E-state index in [1.54, 1.807) is 10.4 Å². The van der Waals surface area contributed by atoms with E-state index in [1.165, 1.54) is 22.3 Å². The Morgan fingerprint density at radius 1 is 0.613 bits per heavy atom. The van der Waals surface area contributed by atoms with Crippen molar-refractivity contribution in [3.05, 3.63) is 42.7 Å². The molecule has 0 nitrogen and oxygen atoms in total. The summed E-state index contributed by atoms with van der Waals surface area (Å²) >= 11 is 14.2. The van der Waals surface area contributed by atoms with Gasteiger partial charge in [-0.3, -0.25) is 0 Å². The summed E-state index contributed by atoms with van der Waals surface area (Å²) in [6.45, 7) is 32.6. The van der Waals surface area contributed by atoms with Crippen LogP contribution in [-0.2, 0) is 0 Å². The predicted molar refractivity (Wildman–Crippen MR) is 145 cm³/mol. The molecule has 0 aromatic heterocycles. The lowest BCUT2D eigenvalue weighted by atomic mass is 9.74. The zero-order valence-electron chi connectivity index (χ0n) is 22.7. The van der Waals surface area contributed by atoms with Crippen molar-refractivity contribution in [3.8, 4) is 0 Å². The lowest BCUT2D eigenvalue weighted by Gasteiger charge is -2.34. The van der Waals surface area contributed by atoms with Crippen LogP contribution in [0.2, 0.25) is 0 Å². The highest BCUT2D eigenvalue weighted by molar-refractivity contribution is 6.57. The standard InChI is InChI=1S/C28H46Cl2Si/c1-24(2,3)18-16(29)15-17(19(18)25(4,5)6)31-23-21(27(10,11)12)20(26(7,8)9)22(30)28(23,13)14/h15,31H2,1-14H3. The molecule has 2 aliphatic carbocycles. The molecule has 0 amide bonds. The second-order valence-electron chi connectivity index (χ2n) is 14.3.